The van der Waals surface area contributed by atoms with E-state index in [1.807, 2.05) is 5.38 Å². The fourth-order valence-corrected chi connectivity index (χ4v) is 4.75. The molecule has 1 aromatic carbocycles. The number of carbonyl (C=O) groups excluding carboxylic acids is 2. The summed E-state index contributed by atoms with van der Waals surface area (Å²) in [5.41, 5.74) is 0.838. The number of hydrogen-bond donors (Lipinski definition) is 0. The average molecular weight is 373 g/mol. The smallest absolute Gasteiger partial charge is 0.313 e. The van der Waals surface area contributed by atoms with Gasteiger partial charge in [-0.2, -0.15) is 0 Å². The van der Waals surface area contributed by atoms with Gasteiger partial charge in [0.15, 0.2) is 0 Å². The molecule has 2 fully saturated rings. The Morgan fingerprint density at radius 2 is 1.85 bits per heavy atom. The van der Waals surface area contributed by atoms with Crippen LogP contribution < -0.4 is 0 Å². The Balaban J connectivity index is 1.55. The van der Waals surface area contributed by atoms with Crippen LogP contribution in [0.5, 0.6) is 0 Å². The summed E-state index contributed by atoms with van der Waals surface area (Å²) in [5, 5.41) is 2.60. The highest BCUT2D eigenvalue weighted by Crippen LogP contribution is 2.40. The molecular weight excluding hydrogens is 353 g/mol. The highest BCUT2D eigenvalue weighted by atomic mass is 32.1. The van der Waals surface area contributed by atoms with E-state index in [2.05, 4.69) is 4.98 Å². The number of halogens is 1. The standard InChI is InChI=1S/C19H20FN3O2S/c1-22-18(25)23(17(24)19(22)9-3-2-4-10-19)11-15-12-26-16(21-15)13-5-7-14(20)8-6-13/h5-8,12H,2-4,9-11H2,1H3. The van der Waals surface area contributed by atoms with Gasteiger partial charge in [0.25, 0.3) is 5.91 Å². The third kappa shape index (κ3) is 2.70. The Bertz CT molecular complexity index is 843. The van der Waals surface area contributed by atoms with Crippen molar-refractivity contribution < 1.29 is 14.0 Å². The number of imide groups is 1. The highest BCUT2D eigenvalue weighted by molar-refractivity contribution is 7.13. The second-order valence-corrected chi connectivity index (χ2v) is 7.83. The molecule has 2 aliphatic rings. The summed E-state index contributed by atoms with van der Waals surface area (Å²) < 4.78 is 13.1. The number of likely N-dealkylation sites (N-methyl/N-ethyl adjacent to an activating group) is 1. The molecule has 7 heteroatoms. The molecular formula is C19H20FN3O2S. The monoisotopic (exact) mass is 373 g/mol. The third-order valence-corrected chi connectivity index (χ3v) is 6.39. The van der Waals surface area contributed by atoms with Crippen LogP contribution in [-0.2, 0) is 11.3 Å². The van der Waals surface area contributed by atoms with Gasteiger partial charge < -0.3 is 4.90 Å². The van der Waals surface area contributed by atoms with E-state index in [9.17, 15) is 14.0 Å². The number of amides is 3. The van der Waals surface area contributed by atoms with Crippen LogP contribution in [0, 0.1) is 5.82 Å². The zero-order valence-electron chi connectivity index (χ0n) is 14.6. The molecule has 1 saturated carbocycles. The maximum absolute atomic E-state index is 13.1. The van der Waals surface area contributed by atoms with Gasteiger partial charge in [0.1, 0.15) is 16.4 Å². The normalized spacial score (nSPS) is 19.6. The molecule has 5 nitrogen and oxygen atoms in total. The van der Waals surface area contributed by atoms with Crippen LogP contribution in [0.2, 0.25) is 0 Å². The molecule has 2 heterocycles. The van der Waals surface area contributed by atoms with E-state index in [4.69, 9.17) is 0 Å². The Labute approximate surface area is 155 Å². The van der Waals surface area contributed by atoms with E-state index in [0.29, 0.717) is 5.69 Å². The van der Waals surface area contributed by atoms with Gasteiger partial charge in [-0.3, -0.25) is 9.69 Å². The van der Waals surface area contributed by atoms with Gasteiger partial charge in [-0.1, -0.05) is 19.3 Å². The van der Waals surface area contributed by atoms with Crippen LogP contribution in [0.15, 0.2) is 29.6 Å². The lowest BCUT2D eigenvalue weighted by molar-refractivity contribution is -0.134. The average Bonchev–Trinajstić information content (AvgIpc) is 3.19. The minimum absolute atomic E-state index is 0.0963. The fourth-order valence-electron chi connectivity index (χ4n) is 3.94. The molecule has 0 unspecified atom stereocenters. The Kier molecular flexibility index (Phi) is 4.26. The molecule has 0 radical (unpaired) electrons. The first-order valence-corrected chi connectivity index (χ1v) is 9.69. The lowest BCUT2D eigenvalue weighted by Crippen LogP contribution is -2.49. The summed E-state index contributed by atoms with van der Waals surface area (Å²) in [5.74, 6) is -0.388. The first-order valence-electron chi connectivity index (χ1n) is 8.81. The predicted molar refractivity (Wildman–Crippen MR) is 97.0 cm³/mol. The van der Waals surface area contributed by atoms with Crippen molar-refractivity contribution in [1.29, 1.82) is 0 Å². The van der Waals surface area contributed by atoms with Crippen LogP contribution >= 0.6 is 11.3 Å². The summed E-state index contributed by atoms with van der Waals surface area (Å²) in [6, 6.07) is 5.90. The van der Waals surface area contributed by atoms with Crippen molar-refractivity contribution in [2.45, 2.75) is 44.2 Å². The molecule has 3 amide bonds. The lowest BCUT2D eigenvalue weighted by atomic mass is 9.81. The van der Waals surface area contributed by atoms with E-state index >= 15 is 0 Å². The molecule has 2 aromatic rings. The summed E-state index contributed by atoms with van der Waals surface area (Å²) >= 11 is 1.43. The molecule has 1 aliphatic heterocycles. The number of hydrogen-bond acceptors (Lipinski definition) is 4. The van der Waals surface area contributed by atoms with Crippen molar-refractivity contribution >= 4 is 23.3 Å². The number of aromatic nitrogens is 1. The number of carbonyl (C=O) groups is 2. The van der Waals surface area contributed by atoms with Crippen LogP contribution in [0.4, 0.5) is 9.18 Å². The fraction of sp³-hybridized carbons (Fsp3) is 0.421. The quantitative estimate of drug-likeness (QED) is 0.763. The SMILES string of the molecule is CN1C(=O)N(Cc2csc(-c3ccc(F)cc3)n2)C(=O)C12CCCCC2. The van der Waals surface area contributed by atoms with Crippen molar-refractivity contribution in [2.24, 2.45) is 0 Å². The maximum Gasteiger partial charge on any atom is 0.327 e. The van der Waals surface area contributed by atoms with Crippen LogP contribution in [0.3, 0.4) is 0 Å². The summed E-state index contributed by atoms with van der Waals surface area (Å²) in [6.45, 7) is 0.182. The van der Waals surface area contributed by atoms with Crippen molar-refractivity contribution in [1.82, 2.24) is 14.8 Å². The van der Waals surface area contributed by atoms with Crippen molar-refractivity contribution in [2.75, 3.05) is 7.05 Å². The van der Waals surface area contributed by atoms with E-state index in [0.717, 1.165) is 42.7 Å². The van der Waals surface area contributed by atoms with Gasteiger partial charge in [0, 0.05) is 18.0 Å². The first-order chi connectivity index (χ1) is 12.5. The molecule has 0 bridgehead atoms. The maximum atomic E-state index is 13.1. The number of benzene rings is 1. The molecule has 0 atom stereocenters. The summed E-state index contributed by atoms with van der Waals surface area (Å²) in [6.07, 6.45) is 4.54. The molecule has 26 heavy (non-hydrogen) atoms. The van der Waals surface area contributed by atoms with Gasteiger partial charge >= 0.3 is 6.03 Å². The van der Waals surface area contributed by atoms with E-state index in [-0.39, 0.29) is 24.3 Å². The van der Waals surface area contributed by atoms with Gasteiger partial charge in [-0.15, -0.1) is 11.3 Å². The minimum atomic E-state index is -0.662. The van der Waals surface area contributed by atoms with Crippen LogP contribution in [0.1, 0.15) is 37.8 Å². The predicted octanol–water partition coefficient (Wildman–Crippen LogP) is 4.05. The summed E-state index contributed by atoms with van der Waals surface area (Å²) in [4.78, 5) is 33.2. The first kappa shape index (κ1) is 17.1. The van der Waals surface area contributed by atoms with E-state index in [1.165, 1.54) is 28.4 Å². The van der Waals surface area contributed by atoms with E-state index < -0.39 is 5.54 Å². The summed E-state index contributed by atoms with van der Waals surface area (Å²) in [7, 11) is 1.73. The third-order valence-electron chi connectivity index (χ3n) is 5.45. The Morgan fingerprint density at radius 1 is 1.15 bits per heavy atom. The number of rotatable bonds is 3. The molecule has 1 saturated heterocycles. The van der Waals surface area contributed by atoms with Crippen molar-refractivity contribution in [3.63, 3.8) is 0 Å². The Morgan fingerprint density at radius 3 is 2.54 bits per heavy atom. The molecule has 1 aromatic heterocycles. The van der Waals surface area contributed by atoms with Gasteiger partial charge in [-0.05, 0) is 37.1 Å². The second-order valence-electron chi connectivity index (χ2n) is 6.98. The van der Waals surface area contributed by atoms with Crippen LogP contribution in [0.25, 0.3) is 10.6 Å². The molecule has 0 N–H and O–H groups in total. The van der Waals surface area contributed by atoms with Crippen molar-refractivity contribution in [3.05, 3.63) is 41.2 Å². The molecule has 1 spiro atoms. The zero-order valence-corrected chi connectivity index (χ0v) is 15.4. The van der Waals surface area contributed by atoms with E-state index in [1.54, 1.807) is 24.1 Å². The lowest BCUT2D eigenvalue weighted by Gasteiger charge is -2.35. The van der Waals surface area contributed by atoms with Crippen molar-refractivity contribution in [3.8, 4) is 10.6 Å². The topological polar surface area (TPSA) is 53.5 Å². The number of thiazole rings is 1. The zero-order chi connectivity index (χ0) is 18.3. The van der Waals surface area contributed by atoms with Gasteiger partial charge in [-0.25, -0.2) is 14.2 Å². The largest absolute Gasteiger partial charge is 0.327 e. The van der Waals surface area contributed by atoms with Crippen LogP contribution in [-0.4, -0.2) is 39.3 Å². The van der Waals surface area contributed by atoms with Gasteiger partial charge in [0.05, 0.1) is 12.2 Å². The molecule has 4 rings (SSSR count). The second kappa shape index (κ2) is 6.46. The molecule has 1 aliphatic carbocycles. The number of urea groups is 1. The Hall–Kier alpha value is -2.28. The highest BCUT2D eigenvalue weighted by Gasteiger charge is 2.55. The molecule has 136 valence electrons. The minimum Gasteiger partial charge on any atom is -0.313 e. The van der Waals surface area contributed by atoms with Gasteiger partial charge in [0.2, 0.25) is 0 Å². The number of nitrogens with zero attached hydrogens (tertiary/aromatic N) is 3.